The first kappa shape index (κ1) is 17.1. The van der Waals surface area contributed by atoms with Gasteiger partial charge in [-0.05, 0) is 24.3 Å². The van der Waals surface area contributed by atoms with Crippen LogP contribution in [0.3, 0.4) is 0 Å². The van der Waals surface area contributed by atoms with E-state index >= 15 is 0 Å². The van der Waals surface area contributed by atoms with Crippen LogP contribution in [0.2, 0.25) is 0 Å². The lowest BCUT2D eigenvalue weighted by atomic mass is 10.2. The fourth-order valence-corrected chi connectivity index (χ4v) is 2.58. The normalized spacial score (nSPS) is 12.7. The predicted octanol–water partition coefficient (Wildman–Crippen LogP) is -0.874. The largest absolute Gasteiger partial charge is 0.370 e. The van der Waals surface area contributed by atoms with Crippen LogP contribution in [0.5, 0.6) is 0 Å². The molecule has 0 heterocycles. The van der Waals surface area contributed by atoms with Crippen molar-refractivity contribution in [3.8, 4) is 0 Å². The second-order valence-electron chi connectivity index (χ2n) is 4.29. The molecule has 0 bridgehead atoms. The van der Waals surface area contributed by atoms with Crippen LogP contribution in [0.4, 0.5) is 5.69 Å². The maximum absolute atomic E-state index is 11.7. The highest BCUT2D eigenvalue weighted by Gasteiger charge is 2.17. The number of hydrogen-bond donors (Lipinski definition) is 4. The summed E-state index contributed by atoms with van der Waals surface area (Å²) in [4.78, 5) is 22.4. The molecule has 0 spiro atoms. The van der Waals surface area contributed by atoms with E-state index in [1.54, 1.807) is 6.92 Å². The molecule has 0 radical (unpaired) electrons. The SMILES string of the molecule is CCNS(=O)(=O)c1ccc(NC(=O)C(N)CC(N)=O)cc1. The lowest BCUT2D eigenvalue weighted by molar-refractivity contribution is -0.123. The summed E-state index contributed by atoms with van der Waals surface area (Å²) >= 11 is 0. The monoisotopic (exact) mass is 314 g/mol. The molecular formula is C12H18N4O4S. The Labute approximate surface area is 122 Å². The minimum atomic E-state index is -3.54. The Morgan fingerprint density at radius 3 is 2.29 bits per heavy atom. The van der Waals surface area contributed by atoms with Crippen LogP contribution in [0.15, 0.2) is 29.2 Å². The Hall–Kier alpha value is -1.97. The quantitative estimate of drug-likeness (QED) is 0.517. The van der Waals surface area contributed by atoms with E-state index in [4.69, 9.17) is 11.5 Å². The van der Waals surface area contributed by atoms with Gasteiger partial charge in [-0.15, -0.1) is 0 Å². The molecule has 0 aliphatic heterocycles. The zero-order valence-corrected chi connectivity index (χ0v) is 12.3. The van der Waals surface area contributed by atoms with Crippen molar-refractivity contribution < 1.29 is 18.0 Å². The Morgan fingerprint density at radius 2 is 1.81 bits per heavy atom. The average Bonchev–Trinajstić information content (AvgIpc) is 2.38. The van der Waals surface area contributed by atoms with Crippen LogP contribution < -0.4 is 21.5 Å². The summed E-state index contributed by atoms with van der Waals surface area (Å²) in [7, 11) is -3.54. The van der Waals surface area contributed by atoms with Crippen molar-refractivity contribution in [2.75, 3.05) is 11.9 Å². The van der Waals surface area contributed by atoms with Gasteiger partial charge in [-0.1, -0.05) is 6.92 Å². The van der Waals surface area contributed by atoms with Gasteiger partial charge in [0.2, 0.25) is 21.8 Å². The van der Waals surface area contributed by atoms with E-state index in [0.29, 0.717) is 5.69 Å². The highest BCUT2D eigenvalue weighted by molar-refractivity contribution is 7.89. The molecular weight excluding hydrogens is 296 g/mol. The van der Waals surface area contributed by atoms with Crippen molar-refractivity contribution >= 4 is 27.5 Å². The van der Waals surface area contributed by atoms with Crippen molar-refractivity contribution in [3.63, 3.8) is 0 Å². The van der Waals surface area contributed by atoms with Crippen LogP contribution >= 0.6 is 0 Å². The van der Waals surface area contributed by atoms with Crippen molar-refractivity contribution in [1.29, 1.82) is 0 Å². The third-order valence-electron chi connectivity index (χ3n) is 2.52. The van der Waals surface area contributed by atoms with Crippen molar-refractivity contribution in [1.82, 2.24) is 4.72 Å². The van der Waals surface area contributed by atoms with Crippen molar-refractivity contribution in [2.24, 2.45) is 11.5 Å². The molecule has 0 saturated heterocycles. The maximum atomic E-state index is 11.7. The number of nitrogens with one attached hydrogen (secondary N) is 2. The van der Waals surface area contributed by atoms with Crippen LogP contribution in [0.1, 0.15) is 13.3 Å². The number of hydrogen-bond acceptors (Lipinski definition) is 5. The molecule has 9 heteroatoms. The number of carbonyl (C=O) groups excluding carboxylic acids is 2. The summed E-state index contributed by atoms with van der Waals surface area (Å²) in [6, 6.07) is 4.52. The number of anilines is 1. The zero-order valence-electron chi connectivity index (χ0n) is 11.5. The van der Waals surface area contributed by atoms with Gasteiger partial charge in [0, 0.05) is 12.2 Å². The molecule has 1 aromatic carbocycles. The topological polar surface area (TPSA) is 144 Å². The molecule has 0 aliphatic rings. The standard InChI is InChI=1S/C12H18N4O4S/c1-2-15-21(19,20)9-5-3-8(4-6-9)16-12(18)10(13)7-11(14)17/h3-6,10,15H,2,7,13H2,1H3,(H2,14,17)(H,16,18). The fraction of sp³-hybridized carbons (Fsp3) is 0.333. The molecule has 0 saturated carbocycles. The second kappa shape index (κ2) is 7.16. The van der Waals surface area contributed by atoms with E-state index in [9.17, 15) is 18.0 Å². The van der Waals surface area contributed by atoms with Gasteiger partial charge in [0.1, 0.15) is 0 Å². The smallest absolute Gasteiger partial charge is 0.241 e. The van der Waals surface area contributed by atoms with Gasteiger partial charge < -0.3 is 16.8 Å². The molecule has 0 aliphatic carbocycles. The molecule has 1 rings (SSSR count). The number of sulfonamides is 1. The Morgan fingerprint density at radius 1 is 1.24 bits per heavy atom. The molecule has 21 heavy (non-hydrogen) atoms. The molecule has 1 atom stereocenters. The summed E-state index contributed by atoms with van der Waals surface area (Å²) < 4.78 is 25.8. The zero-order chi connectivity index (χ0) is 16.0. The lowest BCUT2D eigenvalue weighted by Crippen LogP contribution is -2.39. The first-order valence-electron chi connectivity index (χ1n) is 6.20. The highest BCUT2D eigenvalue weighted by Crippen LogP contribution is 2.14. The number of primary amides is 1. The summed E-state index contributed by atoms with van der Waals surface area (Å²) in [6.45, 7) is 1.95. The second-order valence-corrected chi connectivity index (χ2v) is 6.06. The summed E-state index contributed by atoms with van der Waals surface area (Å²) in [6.07, 6.45) is -0.265. The van der Waals surface area contributed by atoms with Crippen molar-refractivity contribution in [3.05, 3.63) is 24.3 Å². The molecule has 2 amide bonds. The van der Waals surface area contributed by atoms with E-state index < -0.39 is 27.9 Å². The van der Waals surface area contributed by atoms with Gasteiger partial charge in [0.15, 0.2) is 0 Å². The third-order valence-corrected chi connectivity index (χ3v) is 4.09. The van der Waals surface area contributed by atoms with Gasteiger partial charge in [0.25, 0.3) is 0 Å². The third kappa shape index (κ3) is 5.14. The van der Waals surface area contributed by atoms with Gasteiger partial charge in [-0.3, -0.25) is 9.59 Å². The molecule has 0 fully saturated rings. The number of carbonyl (C=O) groups is 2. The van der Waals surface area contributed by atoms with Gasteiger partial charge in [-0.25, -0.2) is 13.1 Å². The van der Waals surface area contributed by atoms with E-state index in [-0.39, 0.29) is 17.9 Å². The van der Waals surface area contributed by atoms with Crippen LogP contribution in [-0.4, -0.2) is 32.8 Å². The van der Waals surface area contributed by atoms with Gasteiger partial charge in [-0.2, -0.15) is 0 Å². The average molecular weight is 314 g/mol. The molecule has 6 N–H and O–H groups in total. The van der Waals surface area contributed by atoms with E-state index in [0.717, 1.165) is 0 Å². The van der Waals surface area contributed by atoms with E-state index in [1.807, 2.05) is 0 Å². The summed E-state index contributed by atoms with van der Waals surface area (Å²) in [5, 5.41) is 2.47. The molecule has 116 valence electrons. The van der Waals surface area contributed by atoms with Gasteiger partial charge in [0.05, 0.1) is 17.4 Å². The minimum absolute atomic E-state index is 0.0868. The van der Waals surface area contributed by atoms with Gasteiger partial charge >= 0.3 is 0 Å². The molecule has 0 aromatic heterocycles. The first-order chi connectivity index (χ1) is 9.76. The van der Waals surface area contributed by atoms with Crippen LogP contribution in [-0.2, 0) is 19.6 Å². The van der Waals surface area contributed by atoms with Crippen LogP contribution in [0.25, 0.3) is 0 Å². The Bertz CT molecular complexity index is 613. The predicted molar refractivity (Wildman–Crippen MR) is 77.7 cm³/mol. The number of rotatable bonds is 7. The van der Waals surface area contributed by atoms with Crippen LogP contribution in [0, 0.1) is 0 Å². The van der Waals surface area contributed by atoms with Crippen molar-refractivity contribution in [2.45, 2.75) is 24.3 Å². The molecule has 8 nitrogen and oxygen atoms in total. The van der Waals surface area contributed by atoms with E-state index in [2.05, 4.69) is 10.0 Å². The lowest BCUT2D eigenvalue weighted by Gasteiger charge is -2.11. The Balaban J connectivity index is 2.75. The van der Waals surface area contributed by atoms with E-state index in [1.165, 1.54) is 24.3 Å². The summed E-state index contributed by atoms with van der Waals surface area (Å²) in [5.74, 6) is -1.25. The summed E-state index contributed by atoms with van der Waals surface area (Å²) in [5.41, 5.74) is 10.8. The Kier molecular flexibility index (Phi) is 5.82. The highest BCUT2D eigenvalue weighted by atomic mass is 32.2. The molecule has 1 aromatic rings. The molecule has 1 unspecified atom stereocenters. The minimum Gasteiger partial charge on any atom is -0.370 e. The first-order valence-corrected chi connectivity index (χ1v) is 7.69. The number of nitrogens with two attached hydrogens (primary N) is 2. The number of benzene rings is 1. The maximum Gasteiger partial charge on any atom is 0.241 e. The fourth-order valence-electron chi connectivity index (χ4n) is 1.54. The number of amides is 2.